The predicted octanol–water partition coefficient (Wildman–Crippen LogP) is -0.0808. The van der Waals surface area contributed by atoms with Gasteiger partial charge in [0.1, 0.15) is 0 Å². The Morgan fingerprint density at radius 3 is 3.11 bits per heavy atom. The third-order valence-electron chi connectivity index (χ3n) is 3.43. The van der Waals surface area contributed by atoms with Crippen LogP contribution in [0.5, 0.6) is 0 Å². The number of carbonyl (C=O) groups excluding carboxylic acids is 1. The van der Waals surface area contributed by atoms with E-state index in [9.17, 15) is 4.79 Å². The molecule has 100 valence electrons. The number of hydrogen-bond acceptors (Lipinski definition) is 3. The average Bonchev–Trinajstić information content (AvgIpc) is 2.88. The maximum Gasteiger partial charge on any atom is 0.240 e. The molecule has 0 spiro atoms. The molecule has 18 heavy (non-hydrogen) atoms. The maximum atomic E-state index is 12.2. The molecule has 0 bridgehead atoms. The van der Waals surface area contributed by atoms with Gasteiger partial charge >= 0.3 is 0 Å². The largest absolute Gasteiger partial charge is 0.365 e. The molecule has 0 aliphatic carbocycles. The normalized spacial score (nSPS) is 20.9. The van der Waals surface area contributed by atoms with Crippen molar-refractivity contribution in [3.8, 4) is 0 Å². The molecule has 0 saturated carbocycles. The zero-order chi connectivity index (χ0) is 13.0. The minimum Gasteiger partial charge on any atom is -0.365 e. The summed E-state index contributed by atoms with van der Waals surface area (Å²) in [4.78, 5) is 19.4. The molecule has 1 aliphatic heterocycles. The van der Waals surface area contributed by atoms with Crippen LogP contribution in [0.4, 0.5) is 0 Å². The summed E-state index contributed by atoms with van der Waals surface area (Å²) in [5.74, 6) is 0.188. The van der Waals surface area contributed by atoms with Crippen LogP contribution in [-0.2, 0) is 11.2 Å². The van der Waals surface area contributed by atoms with E-state index in [0.29, 0.717) is 0 Å². The number of hydrogen-bond donors (Lipinski definition) is 2. The first-order chi connectivity index (χ1) is 8.66. The number of nitrogens with one attached hydrogen (secondary N) is 2. The van der Waals surface area contributed by atoms with Gasteiger partial charge in [0.15, 0.2) is 0 Å². The lowest BCUT2D eigenvalue weighted by Gasteiger charge is -2.32. The Balaban J connectivity index is 1.80. The van der Waals surface area contributed by atoms with Crippen LogP contribution in [0.15, 0.2) is 18.3 Å². The van der Waals surface area contributed by atoms with Gasteiger partial charge in [-0.3, -0.25) is 4.79 Å². The first-order valence-electron chi connectivity index (χ1n) is 6.46. The van der Waals surface area contributed by atoms with Crippen molar-refractivity contribution in [2.24, 2.45) is 0 Å². The van der Waals surface area contributed by atoms with Gasteiger partial charge in [-0.05, 0) is 19.2 Å². The smallest absolute Gasteiger partial charge is 0.240 e. The fourth-order valence-electron chi connectivity index (χ4n) is 2.25. The number of rotatable bonds is 4. The number of aromatic amines is 1. The molecule has 1 atom stereocenters. The van der Waals surface area contributed by atoms with Crippen molar-refractivity contribution in [3.05, 3.63) is 24.0 Å². The van der Waals surface area contributed by atoms with Crippen molar-refractivity contribution >= 4 is 5.91 Å². The van der Waals surface area contributed by atoms with Crippen molar-refractivity contribution in [3.63, 3.8) is 0 Å². The summed E-state index contributed by atoms with van der Waals surface area (Å²) >= 11 is 0. The van der Waals surface area contributed by atoms with E-state index in [1.165, 1.54) is 5.69 Å². The van der Waals surface area contributed by atoms with Crippen LogP contribution in [0.2, 0.25) is 0 Å². The number of aromatic nitrogens is 1. The molecule has 2 heterocycles. The van der Waals surface area contributed by atoms with E-state index in [0.717, 1.165) is 32.6 Å². The fourth-order valence-corrected chi connectivity index (χ4v) is 2.25. The molecule has 1 aromatic rings. The van der Waals surface area contributed by atoms with Gasteiger partial charge in [0.2, 0.25) is 5.91 Å². The molecule has 1 aromatic heterocycles. The SMILES string of the molecule is CN1CCNC(C(=O)N(C)CCc2ccc[nH]2)C1. The van der Waals surface area contributed by atoms with Crippen molar-refractivity contribution < 1.29 is 4.79 Å². The summed E-state index contributed by atoms with van der Waals surface area (Å²) in [6.45, 7) is 3.44. The molecule has 0 radical (unpaired) electrons. The summed E-state index contributed by atoms with van der Waals surface area (Å²) in [5.41, 5.74) is 1.17. The number of likely N-dealkylation sites (N-methyl/N-ethyl adjacent to an activating group) is 2. The summed E-state index contributed by atoms with van der Waals surface area (Å²) in [7, 11) is 3.93. The predicted molar refractivity (Wildman–Crippen MR) is 71.4 cm³/mol. The molecule has 1 amide bonds. The Kier molecular flexibility index (Phi) is 4.38. The van der Waals surface area contributed by atoms with Crippen LogP contribution in [0.1, 0.15) is 5.69 Å². The molecule has 1 aliphatic rings. The van der Waals surface area contributed by atoms with Gasteiger partial charge in [-0.15, -0.1) is 0 Å². The van der Waals surface area contributed by atoms with Gasteiger partial charge in [0.05, 0.1) is 6.04 Å². The summed E-state index contributed by atoms with van der Waals surface area (Å²) < 4.78 is 0. The highest BCUT2D eigenvalue weighted by Gasteiger charge is 2.25. The lowest BCUT2D eigenvalue weighted by molar-refractivity contribution is -0.133. The van der Waals surface area contributed by atoms with E-state index in [2.05, 4.69) is 22.2 Å². The van der Waals surface area contributed by atoms with Crippen molar-refractivity contribution in [1.29, 1.82) is 0 Å². The van der Waals surface area contributed by atoms with Crippen LogP contribution in [0.25, 0.3) is 0 Å². The molecule has 0 aromatic carbocycles. The van der Waals surface area contributed by atoms with E-state index in [1.807, 2.05) is 30.3 Å². The Morgan fingerprint density at radius 1 is 1.61 bits per heavy atom. The quantitative estimate of drug-likeness (QED) is 0.786. The molecule has 5 heteroatoms. The van der Waals surface area contributed by atoms with Crippen LogP contribution in [0.3, 0.4) is 0 Å². The first-order valence-corrected chi connectivity index (χ1v) is 6.46. The third kappa shape index (κ3) is 3.34. The van der Waals surface area contributed by atoms with Gasteiger partial charge in [-0.2, -0.15) is 0 Å². The zero-order valence-corrected chi connectivity index (χ0v) is 11.1. The van der Waals surface area contributed by atoms with Gasteiger partial charge in [0.25, 0.3) is 0 Å². The number of nitrogens with zero attached hydrogens (tertiary/aromatic N) is 2. The zero-order valence-electron chi connectivity index (χ0n) is 11.1. The Bertz CT molecular complexity index is 376. The second-order valence-corrected chi connectivity index (χ2v) is 4.97. The highest BCUT2D eigenvalue weighted by atomic mass is 16.2. The van der Waals surface area contributed by atoms with Crippen LogP contribution < -0.4 is 5.32 Å². The number of piperazine rings is 1. The van der Waals surface area contributed by atoms with Crippen LogP contribution in [0, 0.1) is 0 Å². The Hall–Kier alpha value is -1.33. The lowest BCUT2D eigenvalue weighted by atomic mass is 10.2. The van der Waals surface area contributed by atoms with Gasteiger partial charge in [0, 0.05) is 51.5 Å². The first kappa shape index (κ1) is 13.1. The second-order valence-electron chi connectivity index (χ2n) is 4.97. The Morgan fingerprint density at radius 2 is 2.44 bits per heavy atom. The molecule has 5 nitrogen and oxygen atoms in total. The topological polar surface area (TPSA) is 51.4 Å². The number of amides is 1. The molecule has 2 rings (SSSR count). The van der Waals surface area contributed by atoms with E-state index in [-0.39, 0.29) is 11.9 Å². The highest BCUT2D eigenvalue weighted by molar-refractivity contribution is 5.82. The van der Waals surface area contributed by atoms with Crippen molar-refractivity contribution in [1.82, 2.24) is 20.1 Å². The highest BCUT2D eigenvalue weighted by Crippen LogP contribution is 2.02. The van der Waals surface area contributed by atoms with Crippen molar-refractivity contribution in [2.45, 2.75) is 12.5 Å². The summed E-state index contributed by atoms with van der Waals surface area (Å²) in [5, 5.41) is 3.28. The third-order valence-corrected chi connectivity index (χ3v) is 3.43. The number of H-pyrrole nitrogens is 1. The summed E-state index contributed by atoms with van der Waals surface area (Å²) in [6, 6.07) is 3.97. The van der Waals surface area contributed by atoms with Gasteiger partial charge in [-0.25, -0.2) is 0 Å². The van der Waals surface area contributed by atoms with Gasteiger partial charge < -0.3 is 20.1 Å². The number of carbonyl (C=O) groups is 1. The van der Waals surface area contributed by atoms with Gasteiger partial charge in [-0.1, -0.05) is 0 Å². The van der Waals surface area contributed by atoms with E-state index in [1.54, 1.807) is 0 Å². The minimum atomic E-state index is -0.0580. The molecule has 1 fully saturated rings. The summed E-state index contributed by atoms with van der Waals surface area (Å²) in [6.07, 6.45) is 2.78. The lowest BCUT2D eigenvalue weighted by Crippen LogP contribution is -2.56. The van der Waals surface area contributed by atoms with E-state index < -0.39 is 0 Å². The molecular formula is C13H22N4O. The molecule has 1 saturated heterocycles. The van der Waals surface area contributed by atoms with E-state index in [4.69, 9.17) is 0 Å². The van der Waals surface area contributed by atoms with Crippen molar-refractivity contribution in [2.75, 3.05) is 40.3 Å². The van der Waals surface area contributed by atoms with Crippen LogP contribution in [-0.4, -0.2) is 67.0 Å². The minimum absolute atomic E-state index is 0.0580. The molecular weight excluding hydrogens is 228 g/mol. The Labute approximate surface area is 108 Å². The average molecular weight is 250 g/mol. The molecule has 1 unspecified atom stereocenters. The fraction of sp³-hybridized carbons (Fsp3) is 0.615. The molecule has 2 N–H and O–H groups in total. The van der Waals surface area contributed by atoms with E-state index >= 15 is 0 Å². The standard InChI is InChI=1S/C13H22N4O/c1-16-9-7-15-12(10-16)13(18)17(2)8-5-11-4-3-6-14-11/h3-4,6,12,14-15H,5,7-10H2,1-2H3. The maximum absolute atomic E-state index is 12.2. The monoisotopic (exact) mass is 250 g/mol. The van der Waals surface area contributed by atoms with Crippen LogP contribution >= 0.6 is 0 Å². The second kappa shape index (κ2) is 6.02.